The fraction of sp³-hybridized carbons (Fsp3) is 0.250. The van der Waals surface area contributed by atoms with Crippen molar-refractivity contribution in [2.75, 3.05) is 0 Å². The van der Waals surface area contributed by atoms with Gasteiger partial charge in [0, 0.05) is 13.0 Å². The van der Waals surface area contributed by atoms with E-state index in [9.17, 15) is 9.18 Å². The van der Waals surface area contributed by atoms with Crippen molar-refractivity contribution in [3.8, 4) is 11.5 Å². The van der Waals surface area contributed by atoms with Crippen LogP contribution in [0.4, 0.5) is 10.1 Å². The summed E-state index contributed by atoms with van der Waals surface area (Å²) in [6.45, 7) is 8.23. The van der Waals surface area contributed by atoms with Gasteiger partial charge in [0.1, 0.15) is 11.6 Å². The molecule has 2 aromatic rings. The fourth-order valence-electron chi connectivity index (χ4n) is 2.37. The van der Waals surface area contributed by atoms with Gasteiger partial charge >= 0.3 is 5.97 Å². The SMILES string of the molecule is [C-]#[N+]c1cc2c(cc1F)OC(c1ncc(OC(C)=O)cn1)CC2. The summed E-state index contributed by atoms with van der Waals surface area (Å²) < 4.78 is 24.3. The van der Waals surface area contributed by atoms with Crippen molar-refractivity contribution < 1.29 is 18.7 Å². The summed E-state index contributed by atoms with van der Waals surface area (Å²) >= 11 is 0. The lowest BCUT2D eigenvalue weighted by Gasteiger charge is -2.25. The lowest BCUT2D eigenvalue weighted by atomic mass is 10.0. The number of ether oxygens (including phenoxy) is 2. The van der Waals surface area contributed by atoms with Crippen LogP contribution in [0, 0.1) is 12.4 Å². The van der Waals surface area contributed by atoms with Gasteiger partial charge < -0.3 is 9.47 Å². The number of nitrogens with zero attached hydrogens (tertiary/aromatic N) is 3. The first-order valence-electron chi connectivity index (χ1n) is 6.93. The molecule has 0 spiro atoms. The first kappa shape index (κ1) is 14.9. The van der Waals surface area contributed by atoms with Crippen molar-refractivity contribution in [1.82, 2.24) is 9.97 Å². The Bertz CT molecular complexity index is 799. The topological polar surface area (TPSA) is 65.7 Å². The molecule has 0 saturated heterocycles. The number of rotatable bonds is 2. The van der Waals surface area contributed by atoms with Crippen molar-refractivity contribution >= 4 is 11.7 Å². The highest BCUT2D eigenvalue weighted by Crippen LogP contribution is 2.37. The summed E-state index contributed by atoms with van der Waals surface area (Å²) in [7, 11) is 0. The van der Waals surface area contributed by atoms with Gasteiger partial charge in [0.25, 0.3) is 0 Å². The lowest BCUT2D eigenvalue weighted by molar-refractivity contribution is -0.131. The van der Waals surface area contributed by atoms with Crippen LogP contribution in [0.2, 0.25) is 0 Å². The van der Waals surface area contributed by atoms with Gasteiger partial charge in [-0.1, -0.05) is 0 Å². The number of carbonyl (C=O) groups excluding carboxylic acids is 1. The molecule has 1 aliphatic heterocycles. The highest BCUT2D eigenvalue weighted by Gasteiger charge is 2.25. The van der Waals surface area contributed by atoms with Gasteiger partial charge in [0.05, 0.1) is 19.0 Å². The third kappa shape index (κ3) is 3.11. The van der Waals surface area contributed by atoms with E-state index in [1.165, 1.54) is 31.5 Å². The van der Waals surface area contributed by atoms with Crippen LogP contribution in [-0.2, 0) is 11.2 Å². The molecular formula is C16H12FN3O3. The van der Waals surface area contributed by atoms with E-state index in [-0.39, 0.29) is 11.4 Å². The van der Waals surface area contributed by atoms with E-state index in [2.05, 4.69) is 14.8 Å². The molecule has 23 heavy (non-hydrogen) atoms. The second-order valence-electron chi connectivity index (χ2n) is 5.04. The first-order chi connectivity index (χ1) is 11.1. The highest BCUT2D eigenvalue weighted by molar-refractivity contribution is 5.68. The Labute approximate surface area is 131 Å². The summed E-state index contributed by atoms with van der Waals surface area (Å²) in [6.07, 6.45) is 3.63. The minimum absolute atomic E-state index is 0.00668. The van der Waals surface area contributed by atoms with Crippen molar-refractivity contribution in [3.63, 3.8) is 0 Å². The van der Waals surface area contributed by atoms with Crippen LogP contribution in [0.5, 0.6) is 11.5 Å². The van der Waals surface area contributed by atoms with Gasteiger partial charge in [-0.3, -0.25) is 4.79 Å². The molecular weight excluding hydrogens is 301 g/mol. The summed E-state index contributed by atoms with van der Waals surface area (Å²) in [4.78, 5) is 22.3. The molecule has 0 radical (unpaired) electrons. The number of fused-ring (bicyclic) bond motifs is 1. The molecule has 116 valence electrons. The summed E-state index contributed by atoms with van der Waals surface area (Å²) in [5.74, 6) is 0.0334. The molecule has 1 atom stereocenters. The average Bonchev–Trinajstić information content (AvgIpc) is 2.54. The number of aryl methyl sites for hydroxylation is 1. The van der Waals surface area contributed by atoms with Crippen LogP contribution in [0.15, 0.2) is 24.5 Å². The molecule has 7 heteroatoms. The highest BCUT2D eigenvalue weighted by atomic mass is 19.1. The van der Waals surface area contributed by atoms with Gasteiger partial charge in [-0.05, 0) is 24.5 Å². The van der Waals surface area contributed by atoms with E-state index in [0.717, 1.165) is 5.56 Å². The second kappa shape index (κ2) is 6.01. The van der Waals surface area contributed by atoms with E-state index >= 15 is 0 Å². The Morgan fingerprint density at radius 2 is 2.17 bits per heavy atom. The quantitative estimate of drug-likeness (QED) is 0.629. The third-order valence-corrected chi connectivity index (χ3v) is 3.39. The number of benzene rings is 1. The zero-order valence-corrected chi connectivity index (χ0v) is 12.2. The van der Waals surface area contributed by atoms with Crippen LogP contribution in [0.3, 0.4) is 0 Å². The predicted octanol–water partition coefficient (Wildman–Crippen LogP) is 3.16. The maximum atomic E-state index is 13.7. The Morgan fingerprint density at radius 1 is 1.43 bits per heavy atom. The smallest absolute Gasteiger partial charge is 0.308 e. The number of esters is 1. The van der Waals surface area contributed by atoms with Crippen LogP contribution >= 0.6 is 0 Å². The average molecular weight is 313 g/mol. The maximum absolute atomic E-state index is 13.7. The largest absolute Gasteiger partial charge is 0.482 e. The molecule has 0 fully saturated rings. The van der Waals surface area contributed by atoms with Gasteiger partial charge in [-0.25, -0.2) is 19.2 Å². The van der Waals surface area contributed by atoms with Crippen LogP contribution < -0.4 is 9.47 Å². The van der Waals surface area contributed by atoms with Crippen LogP contribution in [-0.4, -0.2) is 15.9 Å². The minimum Gasteiger partial charge on any atom is -0.482 e. The van der Waals surface area contributed by atoms with E-state index in [0.29, 0.717) is 24.4 Å². The standard InChI is InChI=1S/C16H12FN3O3/c1-9(21)22-11-7-19-16(20-8-11)14-4-3-10-5-13(18-2)12(17)6-15(10)23-14/h5-8,14H,3-4H2,1H3. The van der Waals surface area contributed by atoms with E-state index < -0.39 is 17.9 Å². The Morgan fingerprint density at radius 3 is 2.83 bits per heavy atom. The molecule has 0 amide bonds. The lowest BCUT2D eigenvalue weighted by Crippen LogP contribution is -2.18. The molecule has 6 nitrogen and oxygen atoms in total. The third-order valence-electron chi connectivity index (χ3n) is 3.39. The molecule has 1 aromatic heterocycles. The summed E-state index contributed by atoms with van der Waals surface area (Å²) in [6, 6.07) is 2.74. The molecule has 1 aliphatic rings. The summed E-state index contributed by atoms with van der Waals surface area (Å²) in [5.41, 5.74) is 0.790. The Balaban J connectivity index is 1.80. The zero-order chi connectivity index (χ0) is 16.4. The van der Waals surface area contributed by atoms with Gasteiger partial charge in [0.2, 0.25) is 5.69 Å². The Hall–Kier alpha value is -3.01. The molecule has 3 rings (SSSR count). The van der Waals surface area contributed by atoms with Crippen molar-refractivity contribution in [1.29, 1.82) is 0 Å². The van der Waals surface area contributed by atoms with Crippen LogP contribution in [0.1, 0.15) is 30.8 Å². The van der Waals surface area contributed by atoms with Crippen molar-refractivity contribution in [3.05, 3.63) is 53.1 Å². The minimum atomic E-state index is -0.606. The van der Waals surface area contributed by atoms with E-state index in [1.807, 2.05) is 0 Å². The predicted molar refractivity (Wildman–Crippen MR) is 77.7 cm³/mol. The van der Waals surface area contributed by atoms with Gasteiger partial charge in [0.15, 0.2) is 17.7 Å². The Kier molecular flexibility index (Phi) is 3.89. The molecule has 0 bridgehead atoms. The molecule has 0 saturated carbocycles. The van der Waals surface area contributed by atoms with Gasteiger partial charge in [-0.15, -0.1) is 0 Å². The van der Waals surface area contributed by atoms with Gasteiger partial charge in [-0.2, -0.15) is 0 Å². The van der Waals surface area contributed by atoms with E-state index in [1.54, 1.807) is 0 Å². The zero-order valence-electron chi connectivity index (χ0n) is 12.2. The normalized spacial score (nSPS) is 16.0. The number of carbonyl (C=O) groups is 1. The molecule has 0 aliphatic carbocycles. The number of hydrogen-bond acceptors (Lipinski definition) is 5. The van der Waals surface area contributed by atoms with Crippen molar-refractivity contribution in [2.24, 2.45) is 0 Å². The maximum Gasteiger partial charge on any atom is 0.308 e. The fourth-order valence-corrected chi connectivity index (χ4v) is 2.37. The number of halogens is 1. The number of aromatic nitrogens is 2. The van der Waals surface area contributed by atoms with E-state index in [4.69, 9.17) is 16.0 Å². The monoisotopic (exact) mass is 313 g/mol. The summed E-state index contributed by atoms with van der Waals surface area (Å²) in [5, 5.41) is 0. The van der Waals surface area contributed by atoms with Crippen LogP contribution in [0.25, 0.3) is 4.85 Å². The molecule has 0 N–H and O–H groups in total. The van der Waals surface area contributed by atoms with Crippen molar-refractivity contribution in [2.45, 2.75) is 25.9 Å². The first-order valence-corrected chi connectivity index (χ1v) is 6.93. The molecule has 1 aromatic carbocycles. The number of hydrogen-bond donors (Lipinski definition) is 0. The second-order valence-corrected chi connectivity index (χ2v) is 5.04. The molecule has 2 heterocycles. The molecule has 1 unspecified atom stereocenters.